The molecule has 1 heterocycles. The summed E-state index contributed by atoms with van der Waals surface area (Å²) in [7, 11) is 0. The maximum atomic E-state index is 6.72. The summed E-state index contributed by atoms with van der Waals surface area (Å²) < 4.78 is 6.72. The quantitative estimate of drug-likeness (QED) is 0.141. The van der Waals surface area contributed by atoms with Crippen LogP contribution in [0.2, 0.25) is 0 Å². The molecule has 3 nitrogen and oxygen atoms in total. The molecule has 8 aromatic rings. The van der Waals surface area contributed by atoms with E-state index in [9.17, 15) is 0 Å². The van der Waals surface area contributed by atoms with Crippen molar-refractivity contribution in [1.29, 1.82) is 11.1 Å². The van der Waals surface area contributed by atoms with E-state index in [1.165, 1.54) is 76.8 Å². The van der Waals surface area contributed by atoms with Gasteiger partial charge in [-0.3, -0.25) is 0 Å². The molecule has 0 radical (unpaired) electrons. The fraction of sp³-hybridized carbons (Fsp3) is 0.0800. The van der Waals surface area contributed by atoms with Crippen molar-refractivity contribution in [3.8, 4) is 28.0 Å². The Morgan fingerprint density at radius 3 is 1.81 bits per heavy atom. The van der Waals surface area contributed by atoms with E-state index in [0.717, 1.165) is 12.2 Å². The van der Waals surface area contributed by atoms with Crippen LogP contribution in [0.3, 0.4) is 0 Å². The minimum Gasteiger partial charge on any atom is -0.484 e. The summed E-state index contributed by atoms with van der Waals surface area (Å²) in [5.41, 5.74) is 20.5. The lowest BCUT2D eigenvalue weighted by Gasteiger charge is -2.17. The molecule has 2 atom stereocenters. The number of fused-ring (bicyclic) bond motifs is 10. The number of allylic oxidation sites excluding steroid dienone is 2. The van der Waals surface area contributed by atoms with Crippen LogP contribution in [-0.4, -0.2) is 6.10 Å². The van der Waals surface area contributed by atoms with Gasteiger partial charge >= 0.3 is 0 Å². The molecule has 8 aromatic carbocycles. The molecule has 1 aliphatic heterocycles. The molecule has 53 heavy (non-hydrogen) atoms. The van der Waals surface area contributed by atoms with Gasteiger partial charge in [0.2, 0.25) is 0 Å². The largest absolute Gasteiger partial charge is 0.484 e. The van der Waals surface area contributed by atoms with Crippen LogP contribution >= 0.6 is 0 Å². The number of aryl methyl sites for hydroxylation is 1. The molecule has 0 amide bonds. The summed E-state index contributed by atoms with van der Waals surface area (Å²) in [6.07, 6.45) is 9.76. The molecule has 0 saturated carbocycles. The van der Waals surface area contributed by atoms with E-state index in [2.05, 4.69) is 195 Å². The predicted molar refractivity (Wildman–Crippen MR) is 221 cm³/mol. The first-order valence-electron chi connectivity index (χ1n) is 18.1. The Balaban J connectivity index is 0.000000163. The number of nitrogens with one attached hydrogen (secondary N) is 2. The SMILES string of the molecule is C1=CC2Oc3c(c(Cc4ccccc4)cc4c5ccccc5c5ccccc5c34)C2C=C1.Cc1ccccc1-c1cccc(-c2ccccc2)c1.N=N. The molecule has 3 heteroatoms. The third-order valence-corrected chi connectivity index (χ3v) is 10.4. The lowest BCUT2D eigenvalue weighted by molar-refractivity contribution is 0.271. The summed E-state index contributed by atoms with van der Waals surface area (Å²) in [4.78, 5) is 0. The molecule has 1 aliphatic carbocycles. The Labute approximate surface area is 310 Å². The van der Waals surface area contributed by atoms with E-state index in [1.54, 1.807) is 0 Å². The van der Waals surface area contributed by atoms with E-state index < -0.39 is 0 Å². The van der Waals surface area contributed by atoms with Crippen LogP contribution < -0.4 is 4.74 Å². The van der Waals surface area contributed by atoms with Gasteiger partial charge < -0.3 is 4.74 Å². The minimum atomic E-state index is 0.0698. The Morgan fingerprint density at radius 2 is 1.08 bits per heavy atom. The lowest BCUT2D eigenvalue weighted by Crippen LogP contribution is -2.16. The van der Waals surface area contributed by atoms with Crippen molar-refractivity contribution in [3.05, 3.63) is 210 Å². The molecule has 2 unspecified atom stereocenters. The number of ether oxygens (including phenoxy) is 1. The molecule has 0 saturated heterocycles. The zero-order valence-corrected chi connectivity index (χ0v) is 29.7. The highest BCUT2D eigenvalue weighted by Gasteiger charge is 2.36. The molecule has 2 N–H and O–H groups in total. The molecule has 256 valence electrons. The summed E-state index contributed by atoms with van der Waals surface area (Å²) in [6, 6.07) is 58.5. The van der Waals surface area contributed by atoms with Crippen LogP contribution in [0.5, 0.6) is 5.75 Å². The lowest BCUT2D eigenvalue weighted by atomic mass is 9.83. The first-order valence-corrected chi connectivity index (χ1v) is 18.1. The van der Waals surface area contributed by atoms with E-state index in [0.29, 0.717) is 0 Å². The summed E-state index contributed by atoms with van der Waals surface area (Å²) >= 11 is 0. The topological polar surface area (TPSA) is 56.9 Å². The van der Waals surface area contributed by atoms with Gasteiger partial charge in [0.15, 0.2) is 0 Å². The Kier molecular flexibility index (Phi) is 9.47. The highest BCUT2D eigenvalue weighted by atomic mass is 16.5. The van der Waals surface area contributed by atoms with E-state index in [4.69, 9.17) is 15.8 Å². The number of hydrogen-bond acceptors (Lipinski definition) is 3. The van der Waals surface area contributed by atoms with Crippen LogP contribution in [0, 0.1) is 18.0 Å². The highest BCUT2D eigenvalue weighted by molar-refractivity contribution is 6.27. The van der Waals surface area contributed by atoms with Gasteiger partial charge in [-0.25, -0.2) is 11.1 Å². The van der Waals surface area contributed by atoms with Gasteiger partial charge in [-0.05, 0) is 97.4 Å². The van der Waals surface area contributed by atoms with Crippen LogP contribution in [0.1, 0.15) is 28.2 Å². The normalized spacial score (nSPS) is 15.1. The molecular weight excluding hydrogens is 645 g/mol. The molecule has 0 fully saturated rings. The second-order valence-electron chi connectivity index (χ2n) is 13.6. The molecule has 2 aliphatic rings. The second kappa shape index (κ2) is 15.0. The first-order chi connectivity index (χ1) is 26.2. The zero-order chi connectivity index (χ0) is 36.1. The second-order valence-corrected chi connectivity index (χ2v) is 13.6. The van der Waals surface area contributed by atoms with Gasteiger partial charge in [0.25, 0.3) is 0 Å². The van der Waals surface area contributed by atoms with E-state index in [-0.39, 0.29) is 12.0 Å². The van der Waals surface area contributed by atoms with Crippen molar-refractivity contribution < 1.29 is 4.74 Å². The molecule has 0 aromatic heterocycles. The van der Waals surface area contributed by atoms with Gasteiger partial charge in [-0.1, -0.05) is 170 Å². The van der Waals surface area contributed by atoms with Gasteiger partial charge in [-0.2, -0.15) is 0 Å². The molecular formula is C50H40N2O. The molecule has 10 rings (SSSR count). The minimum absolute atomic E-state index is 0.0698. The van der Waals surface area contributed by atoms with E-state index >= 15 is 0 Å². The van der Waals surface area contributed by atoms with Gasteiger partial charge in [0.05, 0.1) is 0 Å². The smallest absolute Gasteiger partial charge is 0.132 e. The zero-order valence-electron chi connectivity index (χ0n) is 29.7. The van der Waals surface area contributed by atoms with Crippen LogP contribution in [-0.2, 0) is 6.42 Å². The predicted octanol–water partition coefficient (Wildman–Crippen LogP) is 13.6. The monoisotopic (exact) mass is 684 g/mol. The van der Waals surface area contributed by atoms with Gasteiger partial charge in [0.1, 0.15) is 11.9 Å². The van der Waals surface area contributed by atoms with Gasteiger partial charge in [-0.15, -0.1) is 0 Å². The van der Waals surface area contributed by atoms with Crippen molar-refractivity contribution in [2.24, 2.45) is 0 Å². The van der Waals surface area contributed by atoms with Crippen molar-refractivity contribution in [1.82, 2.24) is 0 Å². The number of benzene rings is 8. The van der Waals surface area contributed by atoms with Crippen molar-refractivity contribution in [2.75, 3.05) is 0 Å². The average Bonchev–Trinajstić information content (AvgIpc) is 3.63. The van der Waals surface area contributed by atoms with Crippen molar-refractivity contribution >= 4 is 32.3 Å². The molecule has 0 spiro atoms. The van der Waals surface area contributed by atoms with Crippen LogP contribution in [0.15, 0.2) is 188 Å². The summed E-state index contributed by atoms with van der Waals surface area (Å²) in [5.74, 6) is 1.34. The Morgan fingerprint density at radius 1 is 0.509 bits per heavy atom. The Bertz CT molecular complexity index is 2620. The highest BCUT2D eigenvalue weighted by Crippen LogP contribution is 2.51. The third-order valence-electron chi connectivity index (χ3n) is 10.4. The third kappa shape index (κ3) is 6.43. The summed E-state index contributed by atoms with van der Waals surface area (Å²) in [5, 5.41) is 7.70. The van der Waals surface area contributed by atoms with Gasteiger partial charge in [0, 0.05) is 16.9 Å². The Hall–Kier alpha value is -6.58. The fourth-order valence-corrected chi connectivity index (χ4v) is 8.04. The maximum absolute atomic E-state index is 6.72. The fourth-order valence-electron chi connectivity index (χ4n) is 8.04. The summed E-state index contributed by atoms with van der Waals surface area (Å²) in [6.45, 7) is 2.16. The molecule has 0 bridgehead atoms. The van der Waals surface area contributed by atoms with Crippen molar-refractivity contribution in [3.63, 3.8) is 0 Å². The standard InChI is InChI=1S/C31H22O.C19H16.H2N2/c1-2-10-20(11-3-1)18-21-19-27-24-14-5-4-12-22(24)23-13-6-7-15-25(23)30(27)31-29(21)26-16-8-9-17-28(26)32-31;1-15-8-5-6-13-19(15)18-12-7-11-17(14-18)16-9-3-2-4-10-16;1-2/h1-17,19,26,28H,18H2;2-14H,1H3;1-2H. The van der Waals surface area contributed by atoms with E-state index in [1.807, 2.05) is 0 Å². The van der Waals surface area contributed by atoms with Crippen LogP contribution in [0.4, 0.5) is 0 Å². The number of hydrogen-bond donors (Lipinski definition) is 2. The average molecular weight is 685 g/mol. The number of rotatable bonds is 4. The van der Waals surface area contributed by atoms with Crippen LogP contribution in [0.25, 0.3) is 54.6 Å². The van der Waals surface area contributed by atoms with Crippen molar-refractivity contribution in [2.45, 2.75) is 25.4 Å². The maximum Gasteiger partial charge on any atom is 0.132 e. The first kappa shape index (κ1) is 33.6.